The van der Waals surface area contributed by atoms with Crippen LogP contribution in [0.4, 0.5) is 5.69 Å². The smallest absolute Gasteiger partial charge is 0.337 e. The lowest BCUT2D eigenvalue weighted by atomic mass is 10.1. The number of rotatable bonds is 3. The highest BCUT2D eigenvalue weighted by molar-refractivity contribution is 8.04. The van der Waals surface area contributed by atoms with E-state index in [-0.39, 0.29) is 16.5 Å². The number of aromatic carboxylic acids is 1. The van der Waals surface area contributed by atoms with Gasteiger partial charge in [0.2, 0.25) is 0 Å². The van der Waals surface area contributed by atoms with Crippen LogP contribution in [0.5, 0.6) is 0 Å². The van der Waals surface area contributed by atoms with Crippen molar-refractivity contribution in [2.45, 2.75) is 13.8 Å². The molecule has 1 amide bonds. The van der Waals surface area contributed by atoms with Gasteiger partial charge in [-0.05, 0) is 31.5 Å². The number of carboxylic acid groups (broad SMARTS) is 1. The maximum absolute atomic E-state index is 12.2. The number of carbonyl (C=O) groups excluding carboxylic acids is 1. The molecule has 1 aromatic carbocycles. The first-order valence-electron chi connectivity index (χ1n) is 6.21. The normalized spacial score (nSPS) is 14.6. The van der Waals surface area contributed by atoms with Crippen molar-refractivity contribution in [1.82, 2.24) is 0 Å². The van der Waals surface area contributed by atoms with Crippen LogP contribution in [0.15, 0.2) is 22.8 Å². The summed E-state index contributed by atoms with van der Waals surface area (Å²) in [4.78, 5) is 23.8. The topological polar surface area (TPSA) is 75.6 Å². The molecule has 0 radical (unpaired) electrons. The van der Waals surface area contributed by atoms with Crippen molar-refractivity contribution in [2.75, 3.05) is 17.7 Å². The molecule has 0 spiro atoms. The summed E-state index contributed by atoms with van der Waals surface area (Å²) in [5, 5.41) is 12.0. The Morgan fingerprint density at radius 2 is 2.10 bits per heavy atom. The monoisotopic (exact) mass is 327 g/mol. The molecule has 0 atom stereocenters. The number of thioether (sulfide) groups is 1. The molecule has 2 N–H and O–H groups in total. The number of nitrogens with one attached hydrogen (secondary N) is 1. The number of hydrogen-bond donors (Lipinski definition) is 2. The molecule has 5 nitrogen and oxygen atoms in total. The summed E-state index contributed by atoms with van der Waals surface area (Å²) in [6.07, 6.45) is 0. The molecule has 0 aromatic heterocycles. The van der Waals surface area contributed by atoms with Crippen LogP contribution >= 0.6 is 23.4 Å². The highest BCUT2D eigenvalue weighted by Crippen LogP contribution is 2.29. The fourth-order valence-electron chi connectivity index (χ4n) is 1.92. The third-order valence-corrected chi connectivity index (χ3v) is 4.55. The van der Waals surface area contributed by atoms with Crippen LogP contribution in [-0.2, 0) is 9.53 Å². The molecule has 1 aliphatic rings. The van der Waals surface area contributed by atoms with Crippen molar-refractivity contribution in [3.05, 3.63) is 38.9 Å². The molecular weight excluding hydrogens is 314 g/mol. The van der Waals surface area contributed by atoms with E-state index in [9.17, 15) is 9.59 Å². The van der Waals surface area contributed by atoms with Gasteiger partial charge in [0.25, 0.3) is 5.91 Å². The number of carboxylic acids is 1. The van der Waals surface area contributed by atoms with Gasteiger partial charge in [0.15, 0.2) is 0 Å². The van der Waals surface area contributed by atoms with Crippen LogP contribution < -0.4 is 5.32 Å². The third-order valence-electron chi connectivity index (χ3n) is 2.92. The minimum absolute atomic E-state index is 0.0368. The Morgan fingerprint density at radius 3 is 2.71 bits per heavy atom. The minimum Gasteiger partial charge on any atom is -0.496 e. The van der Waals surface area contributed by atoms with Crippen molar-refractivity contribution >= 4 is 40.9 Å². The summed E-state index contributed by atoms with van der Waals surface area (Å²) in [6, 6.07) is 2.98. The molecule has 0 aliphatic carbocycles. The first kappa shape index (κ1) is 15.7. The second-order valence-electron chi connectivity index (χ2n) is 4.50. The highest BCUT2D eigenvalue weighted by atomic mass is 35.5. The number of allylic oxidation sites excluding steroid dienone is 1. The molecule has 0 saturated carbocycles. The number of carbonyl (C=O) groups is 2. The lowest BCUT2D eigenvalue weighted by molar-refractivity contribution is -0.112. The molecule has 0 unspecified atom stereocenters. The van der Waals surface area contributed by atoms with E-state index < -0.39 is 5.97 Å². The zero-order valence-electron chi connectivity index (χ0n) is 11.5. The van der Waals surface area contributed by atoms with Gasteiger partial charge in [0.1, 0.15) is 10.7 Å². The summed E-state index contributed by atoms with van der Waals surface area (Å²) in [5.41, 5.74) is 0.945. The van der Waals surface area contributed by atoms with E-state index in [1.165, 1.54) is 17.8 Å². The van der Waals surface area contributed by atoms with Crippen molar-refractivity contribution in [2.24, 2.45) is 0 Å². The van der Waals surface area contributed by atoms with Gasteiger partial charge < -0.3 is 15.2 Å². The van der Waals surface area contributed by atoms with E-state index in [1.807, 2.05) is 0 Å². The second kappa shape index (κ2) is 6.41. The highest BCUT2D eigenvalue weighted by Gasteiger charge is 2.20. The molecule has 1 heterocycles. The van der Waals surface area contributed by atoms with Gasteiger partial charge in [0.05, 0.1) is 17.2 Å². The van der Waals surface area contributed by atoms with Crippen molar-refractivity contribution in [3.63, 3.8) is 0 Å². The van der Waals surface area contributed by atoms with Crippen LogP contribution in [0, 0.1) is 6.92 Å². The van der Waals surface area contributed by atoms with Gasteiger partial charge >= 0.3 is 5.97 Å². The molecule has 1 aliphatic heterocycles. The number of ether oxygens (including phenoxy) is 1. The van der Waals surface area contributed by atoms with Crippen molar-refractivity contribution in [1.29, 1.82) is 0 Å². The van der Waals surface area contributed by atoms with Gasteiger partial charge in [-0.3, -0.25) is 4.79 Å². The number of anilines is 1. The summed E-state index contributed by atoms with van der Waals surface area (Å²) < 4.78 is 5.34. The van der Waals surface area contributed by atoms with Gasteiger partial charge in [-0.25, -0.2) is 4.79 Å². The van der Waals surface area contributed by atoms with E-state index >= 15 is 0 Å². The first-order valence-corrected chi connectivity index (χ1v) is 7.57. The van der Waals surface area contributed by atoms with Crippen LogP contribution in [0.2, 0.25) is 5.02 Å². The third kappa shape index (κ3) is 3.51. The van der Waals surface area contributed by atoms with Crippen LogP contribution in [0.3, 0.4) is 0 Å². The Morgan fingerprint density at radius 1 is 1.38 bits per heavy atom. The zero-order valence-corrected chi connectivity index (χ0v) is 13.1. The van der Waals surface area contributed by atoms with Gasteiger partial charge in [-0.2, -0.15) is 0 Å². The number of halogens is 1. The number of aryl methyl sites for hydroxylation is 1. The Balaban J connectivity index is 2.28. The lowest BCUT2D eigenvalue weighted by Crippen LogP contribution is -2.18. The number of amides is 1. The SMILES string of the molecule is CC1=C(C(=O)Nc2cc(C)c(Cl)c(C(=O)O)c2)SCCO1. The summed E-state index contributed by atoms with van der Waals surface area (Å²) >= 11 is 7.36. The number of benzene rings is 1. The maximum atomic E-state index is 12.2. The average Bonchev–Trinajstić information content (AvgIpc) is 2.42. The summed E-state index contributed by atoms with van der Waals surface area (Å²) in [6.45, 7) is 4.00. The van der Waals surface area contributed by atoms with Gasteiger partial charge in [0, 0.05) is 11.4 Å². The van der Waals surface area contributed by atoms with Gasteiger partial charge in [-0.1, -0.05) is 11.6 Å². The van der Waals surface area contributed by atoms with E-state index in [1.54, 1.807) is 19.9 Å². The average molecular weight is 328 g/mol. The van der Waals surface area contributed by atoms with E-state index in [2.05, 4.69) is 5.32 Å². The van der Waals surface area contributed by atoms with Crippen molar-refractivity contribution in [3.8, 4) is 0 Å². The van der Waals surface area contributed by atoms with E-state index in [0.29, 0.717) is 34.3 Å². The number of hydrogen-bond acceptors (Lipinski definition) is 4. The molecule has 7 heteroatoms. The predicted molar refractivity (Wildman–Crippen MR) is 82.9 cm³/mol. The standard InChI is InChI=1S/C14H14ClNO4S/c1-7-5-9(6-10(11(7)15)14(18)19)16-13(17)12-8(2)20-3-4-21-12/h5-6H,3-4H2,1-2H3,(H,16,17)(H,18,19). The zero-order chi connectivity index (χ0) is 15.6. The molecular formula is C14H14ClNO4S. The Hall–Kier alpha value is -1.66. The second-order valence-corrected chi connectivity index (χ2v) is 5.98. The molecule has 0 saturated heterocycles. The summed E-state index contributed by atoms with van der Waals surface area (Å²) in [7, 11) is 0. The molecule has 2 rings (SSSR count). The lowest BCUT2D eigenvalue weighted by Gasteiger charge is -2.18. The predicted octanol–water partition coefficient (Wildman–Crippen LogP) is 3.28. The maximum Gasteiger partial charge on any atom is 0.337 e. The van der Waals surface area contributed by atoms with Crippen molar-refractivity contribution < 1.29 is 19.4 Å². The Kier molecular flexibility index (Phi) is 4.80. The van der Waals surface area contributed by atoms with Crippen LogP contribution in [-0.4, -0.2) is 29.3 Å². The fourth-order valence-corrected chi connectivity index (χ4v) is 2.92. The molecule has 0 fully saturated rings. The first-order chi connectivity index (χ1) is 9.90. The summed E-state index contributed by atoms with van der Waals surface area (Å²) in [5.74, 6) is -0.159. The Labute approximate surface area is 131 Å². The van der Waals surface area contributed by atoms with Crippen LogP contribution in [0.1, 0.15) is 22.8 Å². The minimum atomic E-state index is -1.13. The molecule has 112 valence electrons. The molecule has 0 bridgehead atoms. The molecule has 1 aromatic rings. The largest absolute Gasteiger partial charge is 0.496 e. The molecule has 21 heavy (non-hydrogen) atoms. The van der Waals surface area contributed by atoms with Crippen LogP contribution in [0.25, 0.3) is 0 Å². The quantitative estimate of drug-likeness (QED) is 0.891. The van der Waals surface area contributed by atoms with E-state index in [0.717, 1.165) is 0 Å². The van der Waals surface area contributed by atoms with E-state index in [4.69, 9.17) is 21.4 Å². The Bertz CT molecular complexity index is 642. The fraction of sp³-hybridized carbons (Fsp3) is 0.286. The van der Waals surface area contributed by atoms with Gasteiger partial charge in [-0.15, -0.1) is 11.8 Å².